The van der Waals surface area contributed by atoms with Crippen molar-refractivity contribution in [2.24, 2.45) is 16.2 Å². The molecule has 0 unspecified atom stereocenters. The van der Waals surface area contributed by atoms with Crippen molar-refractivity contribution in [1.29, 1.82) is 0 Å². The molecule has 1 saturated carbocycles. The van der Waals surface area contributed by atoms with Gasteiger partial charge in [-0.25, -0.2) is 0 Å². The number of hydrogen-bond acceptors (Lipinski definition) is 3. The molecule has 1 aliphatic carbocycles. The van der Waals surface area contributed by atoms with Crippen molar-refractivity contribution in [1.82, 2.24) is 4.90 Å². The largest absolute Gasteiger partial charge is 0.464 e. The third kappa shape index (κ3) is 1.69. The van der Waals surface area contributed by atoms with E-state index >= 15 is 0 Å². The Labute approximate surface area is 142 Å². The summed E-state index contributed by atoms with van der Waals surface area (Å²) >= 11 is 0. The van der Waals surface area contributed by atoms with E-state index < -0.39 is 10.8 Å². The van der Waals surface area contributed by atoms with Crippen LogP contribution in [0.25, 0.3) is 6.08 Å². The molecule has 4 heteroatoms. The Morgan fingerprint density at radius 2 is 1.92 bits per heavy atom. The van der Waals surface area contributed by atoms with Gasteiger partial charge in [0.2, 0.25) is 5.91 Å². The highest BCUT2D eigenvalue weighted by Crippen LogP contribution is 2.66. The van der Waals surface area contributed by atoms with E-state index in [2.05, 4.69) is 20.8 Å². The van der Waals surface area contributed by atoms with E-state index in [-0.39, 0.29) is 17.3 Å². The predicted molar refractivity (Wildman–Crippen MR) is 90.5 cm³/mol. The van der Waals surface area contributed by atoms with Gasteiger partial charge in [0.05, 0.1) is 13.2 Å². The molecule has 2 aliphatic heterocycles. The van der Waals surface area contributed by atoms with E-state index in [1.54, 1.807) is 4.90 Å². The zero-order valence-corrected chi connectivity index (χ0v) is 14.5. The zero-order valence-electron chi connectivity index (χ0n) is 14.5. The van der Waals surface area contributed by atoms with Gasteiger partial charge in [-0.15, -0.1) is 0 Å². The molecule has 4 nitrogen and oxygen atoms in total. The van der Waals surface area contributed by atoms with Crippen molar-refractivity contribution >= 4 is 18.0 Å². The van der Waals surface area contributed by atoms with E-state index in [1.165, 1.54) is 0 Å². The molecule has 0 aromatic heterocycles. The summed E-state index contributed by atoms with van der Waals surface area (Å²) in [4.78, 5) is 27.9. The summed E-state index contributed by atoms with van der Waals surface area (Å²) in [5, 5.41) is 0. The van der Waals surface area contributed by atoms with Crippen molar-refractivity contribution in [2.45, 2.75) is 40.2 Å². The topological polar surface area (TPSA) is 46.6 Å². The minimum absolute atomic E-state index is 0.119. The first-order chi connectivity index (χ1) is 11.3. The van der Waals surface area contributed by atoms with Gasteiger partial charge in [-0.05, 0) is 35.5 Å². The van der Waals surface area contributed by atoms with Crippen LogP contribution in [-0.2, 0) is 20.9 Å². The number of carbonyl (C=O) groups is 2. The summed E-state index contributed by atoms with van der Waals surface area (Å²) < 4.78 is 5.48. The second kappa shape index (κ2) is 4.71. The molecule has 0 spiro atoms. The Bertz CT molecular complexity index is 766. The molecule has 2 fully saturated rings. The molecule has 1 aromatic rings. The number of carbonyl (C=O) groups excluding carboxylic acids is 2. The van der Waals surface area contributed by atoms with E-state index in [0.717, 1.165) is 17.5 Å². The minimum atomic E-state index is -1.07. The van der Waals surface area contributed by atoms with Crippen LogP contribution >= 0.6 is 0 Å². The summed E-state index contributed by atoms with van der Waals surface area (Å²) in [6.45, 7) is 7.16. The fourth-order valence-electron chi connectivity index (χ4n) is 4.65. The number of amides is 1. The molecule has 0 radical (unpaired) electrons. The standard InChI is InChI=1S/C20H23NO3/c1-18(2)19(3)9-10-20(18,17(23)24-13-19)16(22)21-11-8-14-6-4-5-7-15(14)12-21/h4-8,11H,9-10,12-13H2,1-3H3/t19-,20-/m0/s1. The number of fused-ring (bicyclic) bond motifs is 3. The SMILES string of the molecule is CC1(C)[C@@]2(C)CC[C@]1(C(=O)N1C=Cc3ccccc3C1)C(=O)OC2. The lowest BCUT2D eigenvalue weighted by Gasteiger charge is -2.50. The Morgan fingerprint density at radius 1 is 1.17 bits per heavy atom. The zero-order chi connectivity index (χ0) is 17.2. The predicted octanol–water partition coefficient (Wildman–Crippen LogP) is 3.37. The smallest absolute Gasteiger partial charge is 0.322 e. The van der Waals surface area contributed by atoms with E-state index in [1.807, 2.05) is 36.5 Å². The molecule has 126 valence electrons. The highest BCUT2D eigenvalue weighted by molar-refractivity contribution is 6.05. The van der Waals surface area contributed by atoms with Crippen LogP contribution < -0.4 is 0 Å². The van der Waals surface area contributed by atoms with Gasteiger partial charge in [0.15, 0.2) is 5.41 Å². The maximum atomic E-state index is 13.5. The van der Waals surface area contributed by atoms with Gasteiger partial charge in [0.1, 0.15) is 0 Å². The highest BCUT2D eigenvalue weighted by atomic mass is 16.5. The molecule has 3 aliphatic rings. The summed E-state index contributed by atoms with van der Waals surface area (Å²) in [5.41, 5.74) is 0.593. The van der Waals surface area contributed by atoms with Crippen molar-refractivity contribution in [3.05, 3.63) is 41.6 Å². The van der Waals surface area contributed by atoms with Gasteiger partial charge in [-0.2, -0.15) is 0 Å². The summed E-state index contributed by atoms with van der Waals surface area (Å²) in [7, 11) is 0. The average molecular weight is 325 g/mol. The summed E-state index contributed by atoms with van der Waals surface area (Å²) in [6, 6.07) is 8.03. The van der Waals surface area contributed by atoms with Gasteiger partial charge < -0.3 is 9.64 Å². The number of benzene rings is 1. The fourth-order valence-corrected chi connectivity index (χ4v) is 4.65. The Balaban J connectivity index is 1.73. The molecule has 0 N–H and O–H groups in total. The number of cyclic esters (lactones) is 1. The van der Waals surface area contributed by atoms with Gasteiger partial charge in [0, 0.05) is 11.6 Å². The Hall–Kier alpha value is -2.10. The third-order valence-electron chi connectivity index (χ3n) is 6.95. The maximum Gasteiger partial charge on any atom is 0.322 e. The van der Waals surface area contributed by atoms with E-state index in [0.29, 0.717) is 19.6 Å². The Kier molecular flexibility index (Phi) is 3.03. The summed E-state index contributed by atoms with van der Waals surface area (Å²) in [6.07, 6.45) is 5.17. The molecular weight excluding hydrogens is 302 g/mol. The average Bonchev–Trinajstić information content (AvgIpc) is 2.69. The number of ether oxygens (including phenoxy) is 1. The normalized spacial score (nSPS) is 33.1. The third-order valence-corrected chi connectivity index (χ3v) is 6.95. The van der Waals surface area contributed by atoms with E-state index in [4.69, 9.17) is 4.74 Å². The van der Waals surface area contributed by atoms with Crippen LogP contribution in [0.15, 0.2) is 30.5 Å². The monoisotopic (exact) mass is 325 g/mol. The fraction of sp³-hybridized carbons (Fsp3) is 0.500. The molecular formula is C20H23NO3. The number of rotatable bonds is 1. The minimum Gasteiger partial charge on any atom is -0.464 e. The Morgan fingerprint density at radius 3 is 2.71 bits per heavy atom. The lowest BCUT2D eigenvalue weighted by atomic mass is 9.57. The van der Waals surface area contributed by atoms with Crippen LogP contribution in [0.2, 0.25) is 0 Å². The second-order valence-electron chi connectivity index (χ2n) is 8.11. The lowest BCUT2D eigenvalue weighted by Crippen LogP contribution is -2.60. The first-order valence-corrected chi connectivity index (χ1v) is 8.56. The van der Waals surface area contributed by atoms with Crippen LogP contribution in [-0.4, -0.2) is 23.4 Å². The van der Waals surface area contributed by atoms with Crippen LogP contribution in [0.1, 0.15) is 44.7 Å². The molecule has 24 heavy (non-hydrogen) atoms. The molecule has 1 amide bonds. The van der Waals surface area contributed by atoms with Crippen molar-refractivity contribution in [3.63, 3.8) is 0 Å². The van der Waals surface area contributed by atoms with Crippen molar-refractivity contribution in [2.75, 3.05) is 6.61 Å². The summed E-state index contributed by atoms with van der Waals surface area (Å²) in [5.74, 6) is -0.466. The highest BCUT2D eigenvalue weighted by Gasteiger charge is 2.72. The molecule has 1 aromatic carbocycles. The van der Waals surface area contributed by atoms with E-state index in [9.17, 15) is 9.59 Å². The lowest BCUT2D eigenvalue weighted by molar-refractivity contribution is -0.192. The van der Waals surface area contributed by atoms with Crippen LogP contribution in [0.5, 0.6) is 0 Å². The number of nitrogens with zero attached hydrogens (tertiary/aromatic N) is 1. The van der Waals surface area contributed by atoms with Gasteiger partial charge >= 0.3 is 5.97 Å². The molecule has 2 heterocycles. The van der Waals surface area contributed by atoms with Crippen LogP contribution in [0.3, 0.4) is 0 Å². The van der Waals surface area contributed by atoms with Crippen LogP contribution in [0.4, 0.5) is 0 Å². The molecule has 2 bridgehead atoms. The first kappa shape index (κ1) is 15.4. The van der Waals surface area contributed by atoms with Gasteiger partial charge in [0.25, 0.3) is 0 Å². The molecule has 2 atom stereocenters. The maximum absolute atomic E-state index is 13.5. The second-order valence-corrected chi connectivity index (χ2v) is 8.11. The first-order valence-electron chi connectivity index (χ1n) is 8.56. The van der Waals surface area contributed by atoms with Gasteiger partial charge in [-0.1, -0.05) is 45.0 Å². The quantitative estimate of drug-likeness (QED) is 0.587. The number of esters is 1. The van der Waals surface area contributed by atoms with Gasteiger partial charge in [-0.3, -0.25) is 9.59 Å². The molecule has 1 saturated heterocycles. The molecule has 4 rings (SSSR count). The van der Waals surface area contributed by atoms with Crippen LogP contribution in [0, 0.1) is 16.2 Å². The van der Waals surface area contributed by atoms with Crippen molar-refractivity contribution in [3.8, 4) is 0 Å². The van der Waals surface area contributed by atoms with Crippen molar-refractivity contribution < 1.29 is 14.3 Å². The number of hydrogen-bond donors (Lipinski definition) is 0.